The molecule has 1 aromatic carbocycles. The van der Waals surface area contributed by atoms with Crippen molar-refractivity contribution in [1.29, 1.82) is 0 Å². The molecule has 1 N–H and O–H groups in total. The number of ether oxygens (including phenoxy) is 2. The van der Waals surface area contributed by atoms with E-state index in [9.17, 15) is 9.00 Å². The van der Waals surface area contributed by atoms with Crippen molar-refractivity contribution in [1.82, 2.24) is 4.72 Å². The molecule has 1 saturated heterocycles. The van der Waals surface area contributed by atoms with Crippen LogP contribution in [0.4, 0.5) is 0 Å². The molecule has 0 bridgehead atoms. The highest BCUT2D eigenvalue weighted by molar-refractivity contribution is 7.84. The van der Waals surface area contributed by atoms with E-state index in [1.807, 2.05) is 45.0 Å². The lowest BCUT2D eigenvalue weighted by molar-refractivity contribution is -0.142. The van der Waals surface area contributed by atoms with Crippen LogP contribution in [0.25, 0.3) is 0 Å². The van der Waals surface area contributed by atoms with Crippen molar-refractivity contribution in [3.63, 3.8) is 0 Å². The molecule has 0 saturated carbocycles. The van der Waals surface area contributed by atoms with Gasteiger partial charge in [-0.25, -0.2) is 8.93 Å². The number of hydrogen-bond donors (Lipinski definition) is 1. The van der Waals surface area contributed by atoms with Crippen molar-refractivity contribution in [3.05, 3.63) is 35.4 Å². The van der Waals surface area contributed by atoms with Gasteiger partial charge in [-0.2, -0.15) is 0 Å². The Hall–Kier alpha value is -1.24. The van der Waals surface area contributed by atoms with E-state index in [1.54, 1.807) is 6.92 Å². The minimum atomic E-state index is -1.18. The molecular formula is C17H25NO4S. The van der Waals surface area contributed by atoms with E-state index in [0.29, 0.717) is 19.8 Å². The van der Waals surface area contributed by atoms with Gasteiger partial charge in [-0.15, -0.1) is 0 Å². The summed E-state index contributed by atoms with van der Waals surface area (Å²) in [6.07, 6.45) is 0.263. The lowest BCUT2D eigenvalue weighted by Gasteiger charge is -2.43. The zero-order chi connectivity index (χ0) is 17.1. The van der Waals surface area contributed by atoms with Crippen LogP contribution in [0.3, 0.4) is 0 Å². The molecule has 1 aliphatic heterocycles. The quantitative estimate of drug-likeness (QED) is 0.806. The fourth-order valence-corrected chi connectivity index (χ4v) is 3.14. The highest BCUT2D eigenvalue weighted by atomic mass is 32.2. The molecule has 0 spiro atoms. The topological polar surface area (TPSA) is 64.6 Å². The number of nitrogens with one attached hydrogen (secondary N) is 1. The van der Waals surface area contributed by atoms with Gasteiger partial charge in [0.25, 0.3) is 0 Å². The molecule has 0 radical (unpaired) electrons. The molecule has 128 valence electrons. The molecule has 1 aromatic rings. The number of benzene rings is 1. The third-order valence-corrected chi connectivity index (χ3v) is 5.39. The zero-order valence-electron chi connectivity index (χ0n) is 14.2. The first kappa shape index (κ1) is 18.1. The highest BCUT2D eigenvalue weighted by Crippen LogP contribution is 2.31. The second kappa shape index (κ2) is 7.11. The molecule has 6 heteroatoms. The smallest absolute Gasteiger partial charge is 0.310 e. The molecule has 1 fully saturated rings. The average molecular weight is 339 g/mol. The largest absolute Gasteiger partial charge is 0.466 e. The third-order valence-electron chi connectivity index (χ3n) is 3.70. The van der Waals surface area contributed by atoms with Gasteiger partial charge < -0.3 is 9.47 Å². The number of esters is 1. The maximum Gasteiger partial charge on any atom is 0.310 e. The van der Waals surface area contributed by atoms with Crippen molar-refractivity contribution in [2.45, 2.75) is 44.4 Å². The summed E-state index contributed by atoms with van der Waals surface area (Å²) in [6.45, 7) is 8.98. The second-order valence-electron chi connectivity index (χ2n) is 6.74. The van der Waals surface area contributed by atoms with Crippen molar-refractivity contribution in [2.24, 2.45) is 0 Å². The Balaban J connectivity index is 2.10. The summed E-state index contributed by atoms with van der Waals surface area (Å²) in [5, 5.41) is 0. The van der Waals surface area contributed by atoms with Gasteiger partial charge >= 0.3 is 5.97 Å². The standard InChI is InChI=1S/C17H25NO4S/c1-5-22-15(19)10-13-6-8-14(9-7-13)17(11-21-12-17)18-23(20)16(2,3)4/h6-9,18H,5,10-12H2,1-4H3. The van der Waals surface area contributed by atoms with E-state index in [2.05, 4.69) is 4.72 Å². The van der Waals surface area contributed by atoms with Crippen LogP contribution >= 0.6 is 0 Å². The van der Waals surface area contributed by atoms with E-state index in [1.165, 1.54) is 0 Å². The number of carbonyl (C=O) groups excluding carboxylic acids is 1. The van der Waals surface area contributed by atoms with Gasteiger partial charge in [0.15, 0.2) is 0 Å². The van der Waals surface area contributed by atoms with Crippen molar-refractivity contribution in [3.8, 4) is 0 Å². The Labute approximate surface area is 140 Å². The summed E-state index contributed by atoms with van der Waals surface area (Å²) in [7, 11) is -1.18. The first-order valence-electron chi connectivity index (χ1n) is 7.79. The monoisotopic (exact) mass is 339 g/mol. The fraction of sp³-hybridized carbons (Fsp3) is 0.588. The lowest BCUT2D eigenvalue weighted by Crippen LogP contribution is -2.59. The molecule has 2 rings (SSSR count). The van der Waals surface area contributed by atoms with E-state index < -0.39 is 16.5 Å². The summed E-state index contributed by atoms with van der Waals surface area (Å²) in [5.74, 6) is -0.228. The summed E-state index contributed by atoms with van der Waals surface area (Å²) in [6, 6.07) is 7.75. The Morgan fingerprint density at radius 1 is 1.30 bits per heavy atom. The summed E-state index contributed by atoms with van der Waals surface area (Å²) < 4.78 is 25.6. The van der Waals surface area contributed by atoms with Gasteiger partial charge in [0.05, 0.1) is 42.0 Å². The first-order valence-corrected chi connectivity index (χ1v) is 8.94. The van der Waals surface area contributed by atoms with Crippen LogP contribution in [0.1, 0.15) is 38.8 Å². The van der Waals surface area contributed by atoms with E-state index in [0.717, 1.165) is 11.1 Å². The molecule has 1 unspecified atom stereocenters. The van der Waals surface area contributed by atoms with Gasteiger partial charge in [0.1, 0.15) is 5.54 Å². The van der Waals surface area contributed by atoms with Crippen LogP contribution in [-0.2, 0) is 37.2 Å². The lowest BCUT2D eigenvalue weighted by atomic mass is 9.88. The van der Waals surface area contributed by atoms with Crippen LogP contribution in [0, 0.1) is 0 Å². The molecule has 0 aromatic heterocycles. The zero-order valence-corrected chi connectivity index (χ0v) is 15.0. The summed E-state index contributed by atoms with van der Waals surface area (Å²) in [4.78, 5) is 11.5. The minimum absolute atomic E-state index is 0.228. The van der Waals surface area contributed by atoms with Gasteiger partial charge in [-0.05, 0) is 38.8 Å². The maximum absolute atomic E-state index is 12.4. The molecule has 0 amide bonds. The SMILES string of the molecule is CCOC(=O)Cc1ccc(C2(NS(=O)C(C)(C)C)COC2)cc1. The maximum atomic E-state index is 12.4. The molecule has 1 aliphatic rings. The van der Waals surface area contributed by atoms with Crippen molar-refractivity contribution >= 4 is 17.0 Å². The number of hydrogen-bond acceptors (Lipinski definition) is 4. The van der Waals surface area contributed by atoms with E-state index in [4.69, 9.17) is 9.47 Å². The second-order valence-corrected chi connectivity index (χ2v) is 8.70. The molecule has 5 nitrogen and oxygen atoms in total. The van der Waals surface area contributed by atoms with Gasteiger partial charge in [-0.3, -0.25) is 4.79 Å². The Bertz CT molecular complexity index is 573. The molecule has 0 aliphatic carbocycles. The minimum Gasteiger partial charge on any atom is -0.466 e. The van der Waals surface area contributed by atoms with Crippen LogP contribution in [0.5, 0.6) is 0 Å². The normalized spacial score (nSPS) is 18.1. The Morgan fingerprint density at radius 2 is 1.91 bits per heavy atom. The van der Waals surface area contributed by atoms with Crippen molar-refractivity contribution < 1.29 is 18.5 Å². The van der Waals surface area contributed by atoms with Gasteiger partial charge in [0, 0.05) is 0 Å². The average Bonchev–Trinajstić information content (AvgIpc) is 2.43. The third kappa shape index (κ3) is 4.40. The fourth-order valence-electron chi connectivity index (χ4n) is 2.24. The van der Waals surface area contributed by atoms with E-state index in [-0.39, 0.29) is 17.1 Å². The van der Waals surface area contributed by atoms with Crippen molar-refractivity contribution in [2.75, 3.05) is 19.8 Å². The Morgan fingerprint density at radius 3 is 2.35 bits per heavy atom. The molecular weight excluding hydrogens is 314 g/mol. The molecule has 1 heterocycles. The summed E-state index contributed by atoms with van der Waals surface area (Å²) >= 11 is 0. The highest BCUT2D eigenvalue weighted by Gasteiger charge is 2.43. The summed E-state index contributed by atoms with van der Waals surface area (Å²) in [5.41, 5.74) is 1.51. The molecule has 23 heavy (non-hydrogen) atoms. The number of carbonyl (C=O) groups is 1. The number of rotatable bonds is 6. The van der Waals surface area contributed by atoms with Crippen LogP contribution in [0.2, 0.25) is 0 Å². The van der Waals surface area contributed by atoms with Crippen LogP contribution < -0.4 is 4.72 Å². The predicted octanol–water partition coefficient (Wildman–Crippen LogP) is 2.07. The van der Waals surface area contributed by atoms with Crippen LogP contribution in [-0.4, -0.2) is 34.7 Å². The van der Waals surface area contributed by atoms with Gasteiger partial charge in [0.2, 0.25) is 0 Å². The predicted molar refractivity (Wildman–Crippen MR) is 90.3 cm³/mol. The van der Waals surface area contributed by atoms with Crippen LogP contribution in [0.15, 0.2) is 24.3 Å². The molecule has 1 atom stereocenters. The van der Waals surface area contributed by atoms with Gasteiger partial charge in [-0.1, -0.05) is 24.3 Å². The van der Waals surface area contributed by atoms with E-state index >= 15 is 0 Å². The Kier molecular flexibility index (Phi) is 5.60. The first-order chi connectivity index (χ1) is 10.8.